The van der Waals surface area contributed by atoms with Gasteiger partial charge in [-0.05, 0) is 49.9 Å². The quantitative estimate of drug-likeness (QED) is 0.746. The van der Waals surface area contributed by atoms with Crippen molar-refractivity contribution < 1.29 is 5.11 Å². The molecule has 0 saturated heterocycles. The van der Waals surface area contributed by atoms with Crippen LogP contribution in [0.2, 0.25) is 0 Å². The van der Waals surface area contributed by atoms with E-state index in [0.29, 0.717) is 5.75 Å². The molecule has 2 N–H and O–H groups in total. The number of phenols is 1. The third kappa shape index (κ3) is 2.99. The molecule has 1 aromatic carbocycles. The van der Waals surface area contributed by atoms with Gasteiger partial charge < -0.3 is 10.4 Å². The van der Waals surface area contributed by atoms with Gasteiger partial charge in [0.05, 0.1) is 0 Å². The van der Waals surface area contributed by atoms with E-state index in [2.05, 4.69) is 18.3 Å². The van der Waals surface area contributed by atoms with E-state index in [4.69, 9.17) is 0 Å². The van der Waals surface area contributed by atoms with E-state index in [1.54, 1.807) is 0 Å². The number of aromatic hydroxyl groups is 1. The van der Waals surface area contributed by atoms with E-state index in [9.17, 15) is 5.11 Å². The molecule has 0 aliphatic heterocycles. The Bertz CT molecular complexity index is 369. The molecule has 1 aliphatic rings. The van der Waals surface area contributed by atoms with Crippen LogP contribution in [-0.2, 0) is 6.54 Å². The standard InChI is InChI=1S/C14H21NO/c1-10-7-13(14(16)8-11(10)2)9-15-6-5-12-3-4-12/h7-8,12,15-16H,3-6,9H2,1-2H3. The summed E-state index contributed by atoms with van der Waals surface area (Å²) >= 11 is 0. The number of benzene rings is 1. The number of hydrogen-bond acceptors (Lipinski definition) is 2. The monoisotopic (exact) mass is 219 g/mol. The Morgan fingerprint density at radius 2 is 1.94 bits per heavy atom. The Morgan fingerprint density at radius 1 is 1.25 bits per heavy atom. The van der Waals surface area contributed by atoms with Crippen LogP contribution in [0.5, 0.6) is 5.75 Å². The Kier molecular flexibility index (Phi) is 3.49. The molecule has 0 spiro atoms. The molecule has 2 rings (SSSR count). The second-order valence-electron chi connectivity index (χ2n) is 4.97. The molecule has 1 aliphatic carbocycles. The fraction of sp³-hybridized carbons (Fsp3) is 0.571. The van der Waals surface area contributed by atoms with Gasteiger partial charge in [-0.1, -0.05) is 18.9 Å². The first kappa shape index (κ1) is 11.5. The Labute approximate surface area is 97.7 Å². The highest BCUT2D eigenvalue weighted by Gasteiger charge is 2.19. The predicted molar refractivity (Wildman–Crippen MR) is 66.6 cm³/mol. The van der Waals surface area contributed by atoms with Crippen LogP contribution in [0.3, 0.4) is 0 Å². The lowest BCUT2D eigenvalue weighted by molar-refractivity contribution is 0.463. The maximum Gasteiger partial charge on any atom is 0.120 e. The second kappa shape index (κ2) is 4.88. The number of nitrogens with one attached hydrogen (secondary N) is 1. The van der Waals surface area contributed by atoms with Crippen molar-refractivity contribution >= 4 is 0 Å². The van der Waals surface area contributed by atoms with E-state index in [0.717, 1.165) is 30.1 Å². The molecule has 0 atom stereocenters. The molecule has 2 nitrogen and oxygen atoms in total. The number of hydrogen-bond donors (Lipinski definition) is 2. The summed E-state index contributed by atoms with van der Waals surface area (Å²) in [5.74, 6) is 1.39. The lowest BCUT2D eigenvalue weighted by Gasteiger charge is -2.09. The summed E-state index contributed by atoms with van der Waals surface area (Å²) in [5.41, 5.74) is 3.41. The van der Waals surface area contributed by atoms with Gasteiger partial charge >= 0.3 is 0 Å². The normalized spacial score (nSPS) is 15.4. The first-order chi connectivity index (χ1) is 7.66. The van der Waals surface area contributed by atoms with Crippen LogP contribution in [-0.4, -0.2) is 11.7 Å². The largest absolute Gasteiger partial charge is 0.508 e. The molecule has 16 heavy (non-hydrogen) atoms. The van der Waals surface area contributed by atoms with Crippen LogP contribution < -0.4 is 5.32 Å². The average molecular weight is 219 g/mol. The lowest BCUT2D eigenvalue weighted by Crippen LogP contribution is -2.15. The van der Waals surface area contributed by atoms with Crippen LogP contribution in [0.25, 0.3) is 0 Å². The topological polar surface area (TPSA) is 32.3 Å². The molecular formula is C14H21NO. The fourth-order valence-electron chi connectivity index (χ4n) is 1.94. The van der Waals surface area contributed by atoms with Crippen molar-refractivity contribution in [2.24, 2.45) is 5.92 Å². The predicted octanol–water partition coefficient (Wildman–Crippen LogP) is 2.90. The Hall–Kier alpha value is -1.02. The molecule has 2 heteroatoms. The van der Waals surface area contributed by atoms with Crippen molar-refractivity contribution in [3.63, 3.8) is 0 Å². The smallest absolute Gasteiger partial charge is 0.120 e. The number of phenolic OH excluding ortho intramolecular Hbond substituents is 1. The van der Waals surface area contributed by atoms with Gasteiger partial charge in [0.2, 0.25) is 0 Å². The molecule has 0 heterocycles. The van der Waals surface area contributed by atoms with Gasteiger partial charge in [-0.15, -0.1) is 0 Å². The molecule has 1 fully saturated rings. The Morgan fingerprint density at radius 3 is 2.62 bits per heavy atom. The SMILES string of the molecule is Cc1cc(O)c(CNCCC2CC2)cc1C. The zero-order valence-electron chi connectivity index (χ0n) is 10.2. The van der Waals surface area contributed by atoms with Gasteiger partial charge in [0.25, 0.3) is 0 Å². The summed E-state index contributed by atoms with van der Waals surface area (Å²) in [6.07, 6.45) is 4.11. The molecule has 0 bridgehead atoms. The van der Waals surface area contributed by atoms with Crippen LogP contribution in [0, 0.1) is 19.8 Å². The summed E-state index contributed by atoms with van der Waals surface area (Å²) in [6.45, 7) is 5.96. The molecule has 0 unspecified atom stereocenters. The number of aryl methyl sites for hydroxylation is 2. The second-order valence-corrected chi connectivity index (χ2v) is 4.97. The van der Waals surface area contributed by atoms with Crippen LogP contribution >= 0.6 is 0 Å². The fourth-order valence-corrected chi connectivity index (χ4v) is 1.94. The van der Waals surface area contributed by atoms with Gasteiger partial charge in [-0.3, -0.25) is 0 Å². The maximum absolute atomic E-state index is 9.80. The van der Waals surface area contributed by atoms with Crippen molar-refractivity contribution in [2.75, 3.05) is 6.54 Å². The van der Waals surface area contributed by atoms with E-state index >= 15 is 0 Å². The van der Waals surface area contributed by atoms with Crippen LogP contribution in [0.15, 0.2) is 12.1 Å². The zero-order valence-corrected chi connectivity index (χ0v) is 10.2. The zero-order chi connectivity index (χ0) is 11.5. The maximum atomic E-state index is 9.80. The summed E-state index contributed by atoms with van der Waals surface area (Å²) in [4.78, 5) is 0. The van der Waals surface area contributed by atoms with E-state index in [1.165, 1.54) is 24.8 Å². The highest BCUT2D eigenvalue weighted by Crippen LogP contribution is 2.31. The first-order valence-corrected chi connectivity index (χ1v) is 6.16. The molecule has 0 amide bonds. The molecule has 0 radical (unpaired) electrons. The highest BCUT2D eigenvalue weighted by molar-refractivity contribution is 5.40. The minimum absolute atomic E-state index is 0.419. The van der Waals surface area contributed by atoms with Gasteiger partial charge in [-0.25, -0.2) is 0 Å². The summed E-state index contributed by atoms with van der Waals surface area (Å²) in [6, 6.07) is 3.93. The summed E-state index contributed by atoms with van der Waals surface area (Å²) in [7, 11) is 0. The van der Waals surface area contributed by atoms with Crippen molar-refractivity contribution in [3.8, 4) is 5.75 Å². The van der Waals surface area contributed by atoms with Gasteiger partial charge in [0, 0.05) is 12.1 Å². The molecule has 88 valence electrons. The number of rotatable bonds is 5. The first-order valence-electron chi connectivity index (χ1n) is 6.16. The Balaban J connectivity index is 1.85. The third-order valence-corrected chi connectivity index (χ3v) is 3.44. The van der Waals surface area contributed by atoms with Gasteiger partial charge in [0.1, 0.15) is 5.75 Å². The molecular weight excluding hydrogens is 198 g/mol. The lowest BCUT2D eigenvalue weighted by atomic mass is 10.1. The summed E-state index contributed by atoms with van der Waals surface area (Å²) < 4.78 is 0. The summed E-state index contributed by atoms with van der Waals surface area (Å²) in [5, 5.41) is 13.2. The van der Waals surface area contributed by atoms with E-state index in [1.807, 2.05) is 13.0 Å². The van der Waals surface area contributed by atoms with Crippen molar-refractivity contribution in [1.82, 2.24) is 5.32 Å². The molecule has 1 aromatic rings. The average Bonchev–Trinajstić information content (AvgIpc) is 3.04. The van der Waals surface area contributed by atoms with Crippen LogP contribution in [0.4, 0.5) is 0 Å². The van der Waals surface area contributed by atoms with Gasteiger partial charge in [-0.2, -0.15) is 0 Å². The minimum Gasteiger partial charge on any atom is -0.508 e. The van der Waals surface area contributed by atoms with Gasteiger partial charge in [0.15, 0.2) is 0 Å². The molecule has 1 saturated carbocycles. The molecule has 0 aromatic heterocycles. The van der Waals surface area contributed by atoms with Crippen LogP contribution in [0.1, 0.15) is 36.0 Å². The highest BCUT2D eigenvalue weighted by atomic mass is 16.3. The van der Waals surface area contributed by atoms with Crippen molar-refractivity contribution in [3.05, 3.63) is 28.8 Å². The minimum atomic E-state index is 0.419. The third-order valence-electron chi connectivity index (χ3n) is 3.44. The van der Waals surface area contributed by atoms with E-state index in [-0.39, 0.29) is 0 Å². The van der Waals surface area contributed by atoms with E-state index < -0.39 is 0 Å². The van der Waals surface area contributed by atoms with Crippen molar-refractivity contribution in [1.29, 1.82) is 0 Å². The van der Waals surface area contributed by atoms with Crippen molar-refractivity contribution in [2.45, 2.75) is 39.7 Å².